The van der Waals surface area contributed by atoms with Crippen LogP contribution in [0.2, 0.25) is 0 Å². The molecule has 1 aromatic rings. The molecule has 0 heterocycles. The van der Waals surface area contributed by atoms with Crippen LogP contribution in [-0.2, 0) is 24.8 Å². The van der Waals surface area contributed by atoms with Crippen LogP contribution in [0.5, 0.6) is 0 Å². The van der Waals surface area contributed by atoms with Crippen LogP contribution >= 0.6 is 7.60 Å². The van der Waals surface area contributed by atoms with Gasteiger partial charge in [0.2, 0.25) is 0 Å². The van der Waals surface area contributed by atoms with E-state index >= 15 is 0 Å². The molecule has 0 bridgehead atoms. The van der Waals surface area contributed by atoms with Crippen molar-refractivity contribution < 1.29 is 23.1 Å². The average Bonchev–Trinajstić information content (AvgIpc) is 2.55. The minimum absolute atomic E-state index is 0.295. The molecule has 28 heavy (non-hydrogen) atoms. The summed E-state index contributed by atoms with van der Waals surface area (Å²) in [5.41, 5.74) is 6.44. The molecule has 160 valence electrons. The quantitative estimate of drug-likeness (QED) is 0.423. The van der Waals surface area contributed by atoms with Gasteiger partial charge in [-0.15, -0.1) is 0 Å². The predicted octanol–water partition coefficient (Wildman–Crippen LogP) is 4.75. The van der Waals surface area contributed by atoms with Gasteiger partial charge in [0, 0.05) is 11.7 Å². The van der Waals surface area contributed by atoms with Gasteiger partial charge in [0.15, 0.2) is 0 Å². The van der Waals surface area contributed by atoms with Crippen LogP contribution in [0.4, 0.5) is 10.5 Å². The molecule has 1 aromatic carbocycles. The number of nitrogens with one attached hydrogen (secondary N) is 1. The number of hydrogen-bond donors (Lipinski definition) is 2. The highest BCUT2D eigenvalue weighted by atomic mass is 31.2. The van der Waals surface area contributed by atoms with Gasteiger partial charge in [0.25, 0.3) is 0 Å². The third kappa shape index (κ3) is 8.63. The zero-order valence-corrected chi connectivity index (χ0v) is 18.8. The van der Waals surface area contributed by atoms with Crippen LogP contribution in [-0.4, -0.2) is 36.6 Å². The number of alkyl carbamates (subject to hydrolysis) is 1. The minimum atomic E-state index is -3.27. The van der Waals surface area contributed by atoms with Crippen molar-refractivity contribution in [2.45, 2.75) is 71.7 Å². The summed E-state index contributed by atoms with van der Waals surface area (Å²) in [7, 11) is -3.27. The lowest BCUT2D eigenvalue weighted by Crippen LogP contribution is -2.41. The predicted molar refractivity (Wildman–Crippen MR) is 113 cm³/mol. The van der Waals surface area contributed by atoms with Crippen molar-refractivity contribution in [2.24, 2.45) is 0 Å². The van der Waals surface area contributed by atoms with E-state index < -0.39 is 19.3 Å². The molecule has 0 aliphatic rings. The van der Waals surface area contributed by atoms with E-state index in [0.29, 0.717) is 31.7 Å². The van der Waals surface area contributed by atoms with E-state index in [0.717, 1.165) is 5.56 Å². The van der Waals surface area contributed by atoms with Gasteiger partial charge in [-0.3, -0.25) is 4.57 Å². The summed E-state index contributed by atoms with van der Waals surface area (Å²) in [6.45, 7) is 11.4. The van der Waals surface area contributed by atoms with Crippen LogP contribution < -0.4 is 11.1 Å². The number of hydrogen-bond acceptors (Lipinski definition) is 6. The number of rotatable bonds is 10. The first-order valence-electron chi connectivity index (χ1n) is 9.71. The molecule has 0 saturated heterocycles. The maximum absolute atomic E-state index is 13.1. The molecule has 0 spiro atoms. The summed E-state index contributed by atoms with van der Waals surface area (Å²) in [6, 6.07) is 7.15. The Morgan fingerprint density at radius 3 is 2.14 bits per heavy atom. The molecule has 0 aliphatic heterocycles. The molecule has 3 N–H and O–H groups in total. The van der Waals surface area contributed by atoms with Crippen molar-refractivity contribution in [3.05, 3.63) is 29.8 Å². The van der Waals surface area contributed by atoms with Crippen molar-refractivity contribution >= 4 is 19.4 Å². The van der Waals surface area contributed by atoms with Gasteiger partial charge in [-0.2, -0.15) is 0 Å². The molecule has 2 atom stereocenters. The third-order valence-electron chi connectivity index (χ3n) is 3.97. The highest BCUT2D eigenvalue weighted by molar-refractivity contribution is 7.54. The SMILES string of the molecule is CCOP(=O)(OCC)[C@@H](C)C[C@H](Cc1ccc(N)cc1)NC(=O)OC(C)(C)C. The summed E-state index contributed by atoms with van der Waals surface area (Å²) in [6.07, 6.45) is 0.450. The Bertz CT molecular complexity index is 648. The Kier molecular flexibility index (Phi) is 9.48. The molecule has 7 nitrogen and oxygen atoms in total. The molecule has 1 amide bonds. The van der Waals surface area contributed by atoms with Crippen molar-refractivity contribution in [1.29, 1.82) is 0 Å². The Morgan fingerprint density at radius 1 is 1.14 bits per heavy atom. The second kappa shape index (κ2) is 10.8. The fourth-order valence-corrected chi connectivity index (χ4v) is 4.61. The van der Waals surface area contributed by atoms with E-state index in [9.17, 15) is 9.36 Å². The second-order valence-electron chi connectivity index (χ2n) is 7.75. The Morgan fingerprint density at radius 2 is 1.68 bits per heavy atom. The van der Waals surface area contributed by atoms with Crippen molar-refractivity contribution in [2.75, 3.05) is 18.9 Å². The lowest BCUT2D eigenvalue weighted by atomic mass is 10.0. The van der Waals surface area contributed by atoms with Crippen molar-refractivity contribution in [3.8, 4) is 0 Å². The van der Waals surface area contributed by atoms with Crippen LogP contribution in [0.25, 0.3) is 0 Å². The van der Waals surface area contributed by atoms with E-state index in [1.165, 1.54) is 0 Å². The standard InChI is InChI=1S/C20H35N2O5P/c1-7-25-28(24,26-8-2)15(3)13-18(22-19(23)27-20(4,5)6)14-16-9-11-17(21)12-10-16/h9-12,15,18H,7-8,13-14,21H2,1-6H3,(H,22,23)/t15-,18+/m0/s1. The number of benzene rings is 1. The molecule has 0 radical (unpaired) electrons. The highest BCUT2D eigenvalue weighted by Gasteiger charge is 2.34. The smallest absolute Gasteiger partial charge is 0.407 e. The van der Waals surface area contributed by atoms with Crippen LogP contribution in [0.3, 0.4) is 0 Å². The van der Waals surface area contributed by atoms with Crippen molar-refractivity contribution in [3.63, 3.8) is 0 Å². The van der Waals surface area contributed by atoms with E-state index in [4.69, 9.17) is 19.5 Å². The largest absolute Gasteiger partial charge is 0.444 e. The molecule has 0 saturated carbocycles. The fourth-order valence-electron chi connectivity index (χ4n) is 2.80. The van der Waals surface area contributed by atoms with E-state index in [2.05, 4.69) is 5.32 Å². The first-order chi connectivity index (χ1) is 13.0. The molecular formula is C20H35N2O5P. The van der Waals surface area contributed by atoms with E-state index in [1.807, 2.05) is 52.0 Å². The maximum atomic E-state index is 13.1. The zero-order chi connectivity index (χ0) is 21.4. The molecule has 1 rings (SSSR count). The second-order valence-corrected chi connectivity index (χ2v) is 10.2. The zero-order valence-electron chi connectivity index (χ0n) is 17.9. The van der Waals surface area contributed by atoms with Crippen LogP contribution in [0, 0.1) is 0 Å². The lowest BCUT2D eigenvalue weighted by molar-refractivity contribution is 0.0500. The minimum Gasteiger partial charge on any atom is -0.444 e. The normalized spacial score (nSPS) is 14.4. The van der Waals surface area contributed by atoms with Crippen LogP contribution in [0.1, 0.15) is 53.5 Å². The molecule has 8 heteroatoms. The summed E-state index contributed by atoms with van der Waals surface area (Å²) >= 11 is 0. The maximum Gasteiger partial charge on any atom is 0.407 e. The lowest BCUT2D eigenvalue weighted by Gasteiger charge is -2.28. The number of nitrogens with two attached hydrogens (primary N) is 1. The summed E-state index contributed by atoms with van der Waals surface area (Å²) < 4.78 is 29.4. The Labute approximate surface area is 168 Å². The molecule has 0 unspecified atom stereocenters. The summed E-state index contributed by atoms with van der Waals surface area (Å²) in [4.78, 5) is 12.3. The molecule has 0 aromatic heterocycles. The molecule has 0 fully saturated rings. The van der Waals surface area contributed by atoms with Crippen LogP contribution in [0.15, 0.2) is 24.3 Å². The van der Waals surface area contributed by atoms with Crippen molar-refractivity contribution in [1.82, 2.24) is 5.32 Å². The number of nitrogen functional groups attached to an aromatic ring is 1. The van der Waals surface area contributed by atoms with E-state index in [-0.39, 0.29) is 11.7 Å². The van der Waals surface area contributed by atoms with Gasteiger partial charge in [-0.05, 0) is 65.2 Å². The monoisotopic (exact) mass is 414 g/mol. The average molecular weight is 414 g/mol. The van der Waals surface area contributed by atoms with Gasteiger partial charge in [-0.25, -0.2) is 4.79 Å². The number of anilines is 1. The Hall–Kier alpha value is -1.56. The van der Waals surface area contributed by atoms with E-state index in [1.54, 1.807) is 13.8 Å². The fraction of sp³-hybridized carbons (Fsp3) is 0.650. The first-order valence-corrected chi connectivity index (χ1v) is 11.3. The molecule has 0 aliphatic carbocycles. The molecular weight excluding hydrogens is 379 g/mol. The van der Waals surface area contributed by atoms with Gasteiger partial charge in [0.1, 0.15) is 5.60 Å². The first kappa shape index (κ1) is 24.5. The van der Waals surface area contributed by atoms with Gasteiger partial charge in [-0.1, -0.05) is 19.1 Å². The van der Waals surface area contributed by atoms with Gasteiger partial charge in [0.05, 0.1) is 18.9 Å². The third-order valence-corrected chi connectivity index (χ3v) is 6.49. The number of carbonyl (C=O) groups excluding carboxylic acids is 1. The van der Waals surface area contributed by atoms with Gasteiger partial charge >= 0.3 is 13.7 Å². The summed E-state index contributed by atoms with van der Waals surface area (Å²) in [5, 5.41) is 2.90. The number of carbonyl (C=O) groups is 1. The highest BCUT2D eigenvalue weighted by Crippen LogP contribution is 2.54. The summed E-state index contributed by atoms with van der Waals surface area (Å²) in [5.74, 6) is 0. The number of ether oxygens (including phenoxy) is 1. The Balaban J connectivity index is 2.96. The van der Waals surface area contributed by atoms with Gasteiger partial charge < -0.3 is 24.8 Å². The number of amides is 1. The topological polar surface area (TPSA) is 99.9 Å².